The summed E-state index contributed by atoms with van der Waals surface area (Å²) in [6.45, 7) is 0. The molecule has 0 amide bonds. The SMILES string of the molecule is O=C(O)c1cc(C(CC(F)(F)F)(CC(F)(F)F)c2ccc(O)c(C(=O)O)c2)ccc1O. The fraction of sp³-hybridized carbons (Fsp3) is 0.263. The van der Waals surface area contributed by atoms with Crippen molar-refractivity contribution >= 4 is 11.9 Å². The maximum Gasteiger partial charge on any atom is 0.390 e. The molecular weight excluding hydrogens is 438 g/mol. The van der Waals surface area contributed by atoms with E-state index < -0.39 is 76.3 Å². The summed E-state index contributed by atoms with van der Waals surface area (Å²) in [5.41, 5.74) is -6.42. The molecular formula is C19H14F6O6. The van der Waals surface area contributed by atoms with Gasteiger partial charge >= 0.3 is 24.3 Å². The predicted molar refractivity (Wildman–Crippen MR) is 92.3 cm³/mol. The molecule has 0 atom stereocenters. The van der Waals surface area contributed by atoms with Crippen LogP contribution in [0.4, 0.5) is 26.3 Å². The number of benzene rings is 2. The van der Waals surface area contributed by atoms with E-state index in [1.54, 1.807) is 0 Å². The van der Waals surface area contributed by atoms with Crippen LogP contribution in [0.25, 0.3) is 0 Å². The fourth-order valence-electron chi connectivity index (χ4n) is 3.33. The topological polar surface area (TPSA) is 115 Å². The van der Waals surface area contributed by atoms with Crippen LogP contribution in [0, 0.1) is 0 Å². The zero-order valence-electron chi connectivity index (χ0n) is 15.3. The van der Waals surface area contributed by atoms with Gasteiger partial charge in [-0.25, -0.2) is 9.59 Å². The highest BCUT2D eigenvalue weighted by atomic mass is 19.4. The highest BCUT2D eigenvalue weighted by molar-refractivity contribution is 5.92. The van der Waals surface area contributed by atoms with Crippen molar-refractivity contribution in [1.29, 1.82) is 0 Å². The van der Waals surface area contributed by atoms with Crippen molar-refractivity contribution in [2.75, 3.05) is 0 Å². The summed E-state index contributed by atoms with van der Waals surface area (Å²) < 4.78 is 80.9. The molecule has 12 heteroatoms. The minimum absolute atomic E-state index is 0.475. The van der Waals surface area contributed by atoms with Crippen LogP contribution in [-0.4, -0.2) is 44.7 Å². The first-order valence-electron chi connectivity index (χ1n) is 8.33. The maximum atomic E-state index is 13.5. The number of carboxylic acids is 2. The van der Waals surface area contributed by atoms with Crippen molar-refractivity contribution in [2.45, 2.75) is 30.6 Å². The Bertz CT molecular complexity index is 930. The van der Waals surface area contributed by atoms with E-state index >= 15 is 0 Å². The van der Waals surface area contributed by atoms with Crippen LogP contribution in [0.15, 0.2) is 36.4 Å². The number of hydrogen-bond acceptors (Lipinski definition) is 4. The number of halogens is 6. The number of rotatable bonds is 6. The monoisotopic (exact) mass is 452 g/mol. The Morgan fingerprint density at radius 3 is 1.26 bits per heavy atom. The molecule has 0 fully saturated rings. The molecule has 2 aromatic rings. The first kappa shape index (κ1) is 23.8. The summed E-state index contributed by atoms with van der Waals surface area (Å²) in [4.78, 5) is 22.6. The van der Waals surface area contributed by atoms with E-state index in [9.17, 15) is 46.1 Å². The van der Waals surface area contributed by atoms with E-state index in [1.165, 1.54) is 0 Å². The molecule has 0 aliphatic heterocycles. The Hall–Kier alpha value is -3.44. The number of alkyl halides is 6. The van der Waals surface area contributed by atoms with E-state index in [0.717, 1.165) is 0 Å². The maximum absolute atomic E-state index is 13.5. The van der Waals surface area contributed by atoms with Crippen LogP contribution in [0.1, 0.15) is 44.7 Å². The molecule has 31 heavy (non-hydrogen) atoms. The summed E-state index contributed by atoms with van der Waals surface area (Å²) in [5, 5.41) is 37.5. The average Bonchev–Trinajstić information content (AvgIpc) is 2.58. The van der Waals surface area contributed by atoms with Gasteiger partial charge in [0.15, 0.2) is 0 Å². The summed E-state index contributed by atoms with van der Waals surface area (Å²) in [6.07, 6.45) is -14.7. The standard InChI is InChI=1S/C19H14F6O6/c20-18(21,22)7-17(8-19(23,24)25,9-1-3-13(26)11(5-9)15(28)29)10-2-4-14(27)12(6-10)16(30)31/h1-6,26-27H,7-8H2,(H,28,29)(H,30,31). The first-order chi connectivity index (χ1) is 14.1. The molecule has 0 radical (unpaired) electrons. The second-order valence-corrected chi connectivity index (χ2v) is 6.74. The molecule has 0 saturated heterocycles. The molecule has 4 N–H and O–H groups in total. The number of aromatic carboxylic acids is 2. The van der Waals surface area contributed by atoms with E-state index in [2.05, 4.69) is 0 Å². The number of phenols is 2. The highest BCUT2D eigenvalue weighted by Crippen LogP contribution is 2.49. The Morgan fingerprint density at radius 2 is 1.00 bits per heavy atom. The van der Waals surface area contributed by atoms with Gasteiger partial charge in [0.25, 0.3) is 0 Å². The Labute approximate surface area is 170 Å². The van der Waals surface area contributed by atoms with Crippen molar-refractivity contribution in [3.05, 3.63) is 58.7 Å². The van der Waals surface area contributed by atoms with Crippen molar-refractivity contribution in [1.82, 2.24) is 0 Å². The number of carbonyl (C=O) groups is 2. The number of aromatic hydroxyl groups is 2. The Kier molecular flexibility index (Phi) is 6.15. The lowest BCUT2D eigenvalue weighted by molar-refractivity contribution is -0.174. The largest absolute Gasteiger partial charge is 0.507 e. The molecule has 0 spiro atoms. The molecule has 0 aromatic heterocycles. The predicted octanol–water partition coefficient (Wildman–Crippen LogP) is 4.69. The second-order valence-electron chi connectivity index (χ2n) is 6.74. The molecule has 0 unspecified atom stereocenters. The smallest absolute Gasteiger partial charge is 0.390 e. The van der Waals surface area contributed by atoms with Crippen LogP contribution < -0.4 is 0 Å². The first-order valence-corrected chi connectivity index (χ1v) is 8.33. The van der Waals surface area contributed by atoms with Crippen LogP contribution in [0.5, 0.6) is 11.5 Å². The number of carboxylic acid groups (broad SMARTS) is 2. The minimum atomic E-state index is -5.20. The van der Waals surface area contributed by atoms with Gasteiger partial charge in [0.05, 0.1) is 12.8 Å². The lowest BCUT2D eigenvalue weighted by Crippen LogP contribution is -2.38. The van der Waals surface area contributed by atoms with Gasteiger partial charge in [-0.05, 0) is 35.4 Å². The third-order valence-corrected chi connectivity index (χ3v) is 4.56. The zero-order valence-corrected chi connectivity index (χ0v) is 15.3. The van der Waals surface area contributed by atoms with E-state index in [1.807, 2.05) is 0 Å². The summed E-state index contributed by atoms with van der Waals surface area (Å²) >= 11 is 0. The highest BCUT2D eigenvalue weighted by Gasteiger charge is 2.51. The van der Waals surface area contributed by atoms with Gasteiger partial charge in [0.1, 0.15) is 22.6 Å². The average molecular weight is 452 g/mol. The number of hydrogen-bond donors (Lipinski definition) is 4. The Balaban J connectivity index is 2.95. The van der Waals surface area contributed by atoms with Crippen molar-refractivity contribution in [3.63, 3.8) is 0 Å². The van der Waals surface area contributed by atoms with Gasteiger partial charge in [-0.1, -0.05) is 12.1 Å². The summed E-state index contributed by atoms with van der Waals surface area (Å²) in [5.74, 6) is -5.38. The van der Waals surface area contributed by atoms with E-state index in [0.29, 0.717) is 36.4 Å². The fourth-order valence-corrected chi connectivity index (χ4v) is 3.33. The molecule has 0 saturated carbocycles. The summed E-state index contributed by atoms with van der Waals surface area (Å²) in [6, 6.07) is 3.63. The van der Waals surface area contributed by atoms with Crippen LogP contribution >= 0.6 is 0 Å². The third kappa shape index (κ3) is 5.38. The Morgan fingerprint density at radius 1 is 0.677 bits per heavy atom. The van der Waals surface area contributed by atoms with Crippen molar-refractivity contribution < 1.29 is 56.4 Å². The van der Waals surface area contributed by atoms with Gasteiger partial charge in [-0.15, -0.1) is 0 Å². The van der Waals surface area contributed by atoms with Crippen LogP contribution in [0.2, 0.25) is 0 Å². The van der Waals surface area contributed by atoms with Crippen molar-refractivity contribution in [3.8, 4) is 11.5 Å². The molecule has 6 nitrogen and oxygen atoms in total. The van der Waals surface area contributed by atoms with Gasteiger partial charge in [0.2, 0.25) is 0 Å². The zero-order chi connectivity index (χ0) is 23.8. The van der Waals surface area contributed by atoms with Crippen LogP contribution in [0.3, 0.4) is 0 Å². The molecule has 2 rings (SSSR count). The third-order valence-electron chi connectivity index (χ3n) is 4.56. The second kappa shape index (κ2) is 8.00. The van der Waals surface area contributed by atoms with Gasteiger partial charge in [-0.2, -0.15) is 26.3 Å². The van der Waals surface area contributed by atoms with E-state index in [4.69, 9.17) is 10.2 Å². The summed E-state index contributed by atoms with van der Waals surface area (Å²) in [7, 11) is 0. The van der Waals surface area contributed by atoms with Gasteiger partial charge in [0, 0.05) is 5.41 Å². The quantitative estimate of drug-likeness (QED) is 0.473. The lowest BCUT2D eigenvalue weighted by Gasteiger charge is -2.37. The van der Waals surface area contributed by atoms with E-state index in [-0.39, 0.29) is 0 Å². The molecule has 0 aliphatic rings. The molecule has 168 valence electrons. The van der Waals surface area contributed by atoms with Gasteiger partial charge in [-0.3, -0.25) is 0 Å². The van der Waals surface area contributed by atoms with Gasteiger partial charge < -0.3 is 20.4 Å². The molecule has 2 aromatic carbocycles. The normalized spacial score (nSPS) is 12.6. The molecule has 0 aliphatic carbocycles. The van der Waals surface area contributed by atoms with Crippen LogP contribution in [-0.2, 0) is 5.41 Å². The molecule has 0 bridgehead atoms. The van der Waals surface area contributed by atoms with Crippen molar-refractivity contribution in [2.24, 2.45) is 0 Å². The minimum Gasteiger partial charge on any atom is -0.507 e. The lowest BCUT2D eigenvalue weighted by atomic mass is 9.68. The molecule has 0 heterocycles.